The number of carbonyl (C=O) groups excluding carboxylic acids is 2. The number of ether oxygens (including phenoxy) is 1. The Balaban J connectivity index is 1.81. The predicted octanol–water partition coefficient (Wildman–Crippen LogP) is 4.13. The summed E-state index contributed by atoms with van der Waals surface area (Å²) >= 11 is 6.14. The largest absolute Gasteiger partial charge is 0.494 e. The Morgan fingerprint density at radius 1 is 1.00 bits per heavy atom. The second kappa shape index (κ2) is 7.70. The highest BCUT2D eigenvalue weighted by Gasteiger charge is 2.38. The molecule has 1 aliphatic heterocycles. The number of imide groups is 1. The first-order chi connectivity index (χ1) is 12.5. The van der Waals surface area contributed by atoms with E-state index in [0.29, 0.717) is 23.5 Å². The maximum atomic E-state index is 13.0. The Morgan fingerprint density at radius 2 is 1.65 bits per heavy atom. The van der Waals surface area contributed by atoms with E-state index in [1.165, 1.54) is 24.3 Å². The second-order valence-electron chi connectivity index (χ2n) is 5.88. The van der Waals surface area contributed by atoms with Crippen molar-refractivity contribution in [3.05, 3.63) is 70.5 Å². The zero-order valence-corrected chi connectivity index (χ0v) is 14.9. The normalized spacial score (nSPS) is 14.3. The maximum absolute atomic E-state index is 13.0. The van der Waals surface area contributed by atoms with Gasteiger partial charge in [0.05, 0.1) is 18.7 Å². The smallest absolute Gasteiger partial charge is 0.273 e. The fourth-order valence-corrected chi connectivity index (χ4v) is 2.94. The van der Waals surface area contributed by atoms with Crippen molar-refractivity contribution < 1.29 is 18.7 Å². The molecule has 26 heavy (non-hydrogen) atoms. The Labute approximate surface area is 155 Å². The molecule has 1 heterocycles. The van der Waals surface area contributed by atoms with E-state index in [1.54, 1.807) is 24.3 Å². The molecular formula is C20H17ClFNO3. The summed E-state index contributed by atoms with van der Waals surface area (Å²) in [5.41, 5.74) is 1.36. The summed E-state index contributed by atoms with van der Waals surface area (Å²) in [4.78, 5) is 26.2. The Kier molecular flexibility index (Phi) is 5.38. The number of rotatable bonds is 6. The Morgan fingerprint density at radius 3 is 2.27 bits per heavy atom. The van der Waals surface area contributed by atoms with Gasteiger partial charge in [-0.2, -0.15) is 0 Å². The lowest BCUT2D eigenvalue weighted by atomic mass is 10.1. The molecule has 6 heteroatoms. The third kappa shape index (κ3) is 3.63. The van der Waals surface area contributed by atoms with Gasteiger partial charge in [0.2, 0.25) is 0 Å². The molecule has 0 fully saturated rings. The summed E-state index contributed by atoms with van der Waals surface area (Å²) < 4.78 is 18.5. The van der Waals surface area contributed by atoms with Crippen molar-refractivity contribution in [1.29, 1.82) is 0 Å². The molecule has 0 aliphatic carbocycles. The number of nitrogens with zero attached hydrogens (tertiary/aromatic N) is 1. The minimum Gasteiger partial charge on any atom is -0.494 e. The highest BCUT2D eigenvalue weighted by atomic mass is 35.5. The van der Waals surface area contributed by atoms with Gasteiger partial charge in [-0.1, -0.05) is 42.8 Å². The molecule has 0 aromatic heterocycles. The minimum atomic E-state index is -0.553. The van der Waals surface area contributed by atoms with Crippen molar-refractivity contribution in [2.24, 2.45) is 0 Å². The van der Waals surface area contributed by atoms with Crippen molar-refractivity contribution in [3.8, 4) is 5.75 Å². The zero-order valence-electron chi connectivity index (χ0n) is 14.2. The van der Waals surface area contributed by atoms with Gasteiger partial charge >= 0.3 is 0 Å². The van der Waals surface area contributed by atoms with Gasteiger partial charge in [0, 0.05) is 0 Å². The van der Waals surface area contributed by atoms with Crippen LogP contribution in [0.5, 0.6) is 5.75 Å². The molecular weight excluding hydrogens is 357 g/mol. The minimum absolute atomic E-state index is 0.0371. The van der Waals surface area contributed by atoms with Crippen LogP contribution in [0.1, 0.15) is 24.5 Å². The van der Waals surface area contributed by atoms with Gasteiger partial charge in [-0.25, -0.2) is 4.39 Å². The van der Waals surface area contributed by atoms with E-state index in [-0.39, 0.29) is 23.0 Å². The zero-order chi connectivity index (χ0) is 18.7. The summed E-state index contributed by atoms with van der Waals surface area (Å²) in [5.74, 6) is -0.712. The first-order valence-electron chi connectivity index (χ1n) is 8.25. The van der Waals surface area contributed by atoms with Gasteiger partial charge in [0.25, 0.3) is 11.8 Å². The van der Waals surface area contributed by atoms with Crippen LogP contribution in [0.2, 0.25) is 0 Å². The molecule has 0 saturated carbocycles. The van der Waals surface area contributed by atoms with Gasteiger partial charge in [-0.15, -0.1) is 0 Å². The van der Waals surface area contributed by atoms with Gasteiger partial charge in [0.15, 0.2) is 0 Å². The van der Waals surface area contributed by atoms with Crippen LogP contribution in [0.15, 0.2) is 53.6 Å². The van der Waals surface area contributed by atoms with E-state index in [1.807, 2.05) is 6.92 Å². The molecule has 0 atom stereocenters. The average Bonchev–Trinajstić information content (AvgIpc) is 2.86. The molecule has 1 aliphatic rings. The van der Waals surface area contributed by atoms with Crippen LogP contribution in [0.4, 0.5) is 4.39 Å². The van der Waals surface area contributed by atoms with Gasteiger partial charge in [-0.05, 0) is 41.8 Å². The van der Waals surface area contributed by atoms with Gasteiger partial charge in [-0.3, -0.25) is 14.5 Å². The SMILES string of the molecule is CCCOc1ccc(C2=C(Cl)C(=O)N(Cc3ccc(F)cc3)C2=O)cc1. The third-order valence-corrected chi connectivity index (χ3v) is 4.33. The lowest BCUT2D eigenvalue weighted by Gasteiger charge is -2.15. The molecule has 2 amide bonds. The molecule has 134 valence electrons. The maximum Gasteiger partial charge on any atom is 0.273 e. The summed E-state index contributed by atoms with van der Waals surface area (Å²) in [6.45, 7) is 2.65. The number of amides is 2. The molecule has 2 aromatic carbocycles. The summed E-state index contributed by atoms with van der Waals surface area (Å²) in [6, 6.07) is 12.5. The van der Waals surface area contributed by atoms with Crippen LogP contribution in [0, 0.1) is 5.82 Å². The van der Waals surface area contributed by atoms with E-state index in [0.717, 1.165) is 11.3 Å². The van der Waals surface area contributed by atoms with Crippen LogP contribution in [-0.4, -0.2) is 23.3 Å². The summed E-state index contributed by atoms with van der Waals surface area (Å²) in [7, 11) is 0. The standard InChI is InChI=1S/C20H17ClFNO3/c1-2-11-26-16-9-5-14(6-10-16)17-18(21)20(25)23(19(17)24)12-13-3-7-15(22)8-4-13/h3-10H,2,11-12H2,1H3. The monoisotopic (exact) mass is 373 g/mol. The van der Waals surface area contributed by atoms with Crippen molar-refractivity contribution in [2.45, 2.75) is 19.9 Å². The molecule has 4 nitrogen and oxygen atoms in total. The Bertz CT molecular complexity index is 860. The molecule has 0 spiro atoms. The van der Waals surface area contributed by atoms with Gasteiger partial charge in [0.1, 0.15) is 16.6 Å². The quantitative estimate of drug-likeness (QED) is 0.715. The molecule has 0 radical (unpaired) electrons. The van der Waals surface area contributed by atoms with Crippen LogP contribution < -0.4 is 4.74 Å². The summed E-state index contributed by atoms with van der Waals surface area (Å²) in [5, 5.41) is -0.112. The molecule has 0 unspecified atom stereocenters. The molecule has 3 rings (SSSR count). The van der Waals surface area contributed by atoms with E-state index >= 15 is 0 Å². The van der Waals surface area contributed by atoms with E-state index in [4.69, 9.17) is 16.3 Å². The van der Waals surface area contributed by atoms with Crippen molar-refractivity contribution >= 4 is 29.0 Å². The van der Waals surface area contributed by atoms with Gasteiger partial charge < -0.3 is 4.74 Å². The number of benzene rings is 2. The third-order valence-electron chi connectivity index (χ3n) is 3.98. The van der Waals surface area contributed by atoms with Crippen LogP contribution in [-0.2, 0) is 16.1 Å². The fraction of sp³-hybridized carbons (Fsp3) is 0.200. The number of hydrogen-bond acceptors (Lipinski definition) is 3. The molecule has 2 aromatic rings. The molecule has 0 bridgehead atoms. The summed E-state index contributed by atoms with van der Waals surface area (Å²) in [6.07, 6.45) is 0.893. The topological polar surface area (TPSA) is 46.6 Å². The van der Waals surface area contributed by atoms with Crippen LogP contribution >= 0.6 is 11.6 Å². The Hall–Kier alpha value is -2.66. The first-order valence-corrected chi connectivity index (χ1v) is 8.62. The first kappa shape index (κ1) is 18.1. The van der Waals surface area contributed by atoms with Crippen molar-refractivity contribution in [2.75, 3.05) is 6.61 Å². The van der Waals surface area contributed by atoms with Crippen molar-refractivity contribution in [1.82, 2.24) is 4.90 Å². The van der Waals surface area contributed by atoms with Crippen LogP contribution in [0.25, 0.3) is 5.57 Å². The second-order valence-corrected chi connectivity index (χ2v) is 6.26. The predicted molar refractivity (Wildman–Crippen MR) is 97.0 cm³/mol. The van der Waals surface area contributed by atoms with E-state index in [9.17, 15) is 14.0 Å². The number of halogens is 2. The van der Waals surface area contributed by atoms with Crippen molar-refractivity contribution in [3.63, 3.8) is 0 Å². The average molecular weight is 374 g/mol. The van der Waals surface area contributed by atoms with Crippen LogP contribution in [0.3, 0.4) is 0 Å². The molecule has 0 N–H and O–H groups in total. The number of carbonyl (C=O) groups is 2. The number of hydrogen-bond donors (Lipinski definition) is 0. The van der Waals surface area contributed by atoms with E-state index in [2.05, 4.69) is 0 Å². The lowest BCUT2D eigenvalue weighted by Crippen LogP contribution is -2.30. The highest BCUT2D eigenvalue weighted by molar-refractivity contribution is 6.55. The highest BCUT2D eigenvalue weighted by Crippen LogP contribution is 2.33. The van der Waals surface area contributed by atoms with E-state index < -0.39 is 11.8 Å². The molecule has 0 saturated heterocycles. The fourth-order valence-electron chi connectivity index (χ4n) is 2.65. The lowest BCUT2D eigenvalue weighted by molar-refractivity contribution is -0.137.